The van der Waals surface area contributed by atoms with Gasteiger partial charge in [-0.2, -0.15) is 5.10 Å². The van der Waals surface area contributed by atoms with Crippen molar-refractivity contribution in [3.63, 3.8) is 0 Å². The van der Waals surface area contributed by atoms with E-state index in [1.54, 1.807) is 4.68 Å². The van der Waals surface area contributed by atoms with Crippen LogP contribution in [0, 0.1) is 0 Å². The van der Waals surface area contributed by atoms with Crippen LogP contribution in [0.2, 0.25) is 0 Å². The number of aromatic nitrogens is 2. The number of hydrogen-bond acceptors (Lipinski definition) is 4. The molecule has 1 unspecified atom stereocenters. The van der Waals surface area contributed by atoms with E-state index in [4.69, 9.17) is 0 Å². The van der Waals surface area contributed by atoms with Gasteiger partial charge in [0, 0.05) is 50.4 Å². The average Bonchev–Trinajstić information content (AvgIpc) is 2.73. The third-order valence-electron chi connectivity index (χ3n) is 4.00. The molecule has 21 heavy (non-hydrogen) atoms. The largest absolute Gasteiger partial charge is 0.480 e. The van der Waals surface area contributed by atoms with Gasteiger partial charge in [0.2, 0.25) is 0 Å². The maximum atomic E-state index is 11.9. The molecule has 0 amide bonds. The number of carboxylic acid groups (broad SMARTS) is 1. The lowest BCUT2D eigenvalue weighted by atomic mass is 9.87. The smallest absolute Gasteiger partial charge is 0.325 e. The van der Waals surface area contributed by atoms with Crippen molar-refractivity contribution in [2.45, 2.75) is 32.2 Å². The lowest BCUT2D eigenvalue weighted by Gasteiger charge is -2.36. The summed E-state index contributed by atoms with van der Waals surface area (Å²) >= 11 is 0. The number of aliphatic carboxylic acids is 1. The number of rotatable bonds is 3. The molecule has 1 aromatic heterocycles. The van der Waals surface area contributed by atoms with E-state index >= 15 is 0 Å². The summed E-state index contributed by atoms with van der Waals surface area (Å²) in [6.07, 6.45) is 1.86. The minimum Gasteiger partial charge on any atom is -0.480 e. The van der Waals surface area contributed by atoms with Crippen LogP contribution in [0.1, 0.15) is 38.1 Å². The molecule has 1 aliphatic heterocycles. The molecular weight excluding hydrogens is 268 g/mol. The van der Waals surface area contributed by atoms with E-state index in [0.717, 1.165) is 37.4 Å². The highest BCUT2D eigenvalue weighted by Gasteiger charge is 2.35. The first-order chi connectivity index (χ1) is 9.70. The van der Waals surface area contributed by atoms with Gasteiger partial charge in [-0.15, -0.1) is 0 Å². The highest BCUT2D eigenvalue weighted by Crippen LogP contribution is 2.32. The monoisotopic (exact) mass is 294 g/mol. The molecular formula is C15H26N4O2. The van der Waals surface area contributed by atoms with Gasteiger partial charge in [0.25, 0.3) is 0 Å². The molecule has 0 radical (unpaired) electrons. The number of aryl methyl sites for hydroxylation is 1. The van der Waals surface area contributed by atoms with Crippen molar-refractivity contribution >= 4 is 5.97 Å². The predicted molar refractivity (Wildman–Crippen MR) is 81.4 cm³/mol. The fourth-order valence-corrected chi connectivity index (χ4v) is 2.86. The van der Waals surface area contributed by atoms with Gasteiger partial charge >= 0.3 is 5.97 Å². The zero-order valence-corrected chi connectivity index (χ0v) is 13.6. The van der Waals surface area contributed by atoms with Crippen molar-refractivity contribution in [1.29, 1.82) is 0 Å². The molecule has 2 heterocycles. The summed E-state index contributed by atoms with van der Waals surface area (Å²) in [5.41, 5.74) is 1.52. The summed E-state index contributed by atoms with van der Waals surface area (Å²) in [7, 11) is 3.92. The van der Waals surface area contributed by atoms with Gasteiger partial charge in [0.05, 0.1) is 5.69 Å². The van der Waals surface area contributed by atoms with Crippen molar-refractivity contribution in [3.05, 3.63) is 17.5 Å². The summed E-state index contributed by atoms with van der Waals surface area (Å²) in [6.45, 7) is 9.55. The third kappa shape index (κ3) is 3.44. The van der Waals surface area contributed by atoms with Gasteiger partial charge in [-0.3, -0.25) is 14.4 Å². The Labute approximate surface area is 126 Å². The van der Waals surface area contributed by atoms with Crippen LogP contribution in [-0.2, 0) is 17.3 Å². The summed E-state index contributed by atoms with van der Waals surface area (Å²) in [6, 6.07) is -0.610. The number of likely N-dealkylation sites (N-methyl/N-ethyl adjacent to an activating group) is 1. The quantitative estimate of drug-likeness (QED) is 0.904. The SMILES string of the molecule is CN1CCN(C(C(=O)O)c2cn(C)nc2C(C)(C)C)CC1. The van der Waals surface area contributed by atoms with Crippen LogP contribution in [0.15, 0.2) is 6.20 Å². The molecule has 118 valence electrons. The van der Waals surface area contributed by atoms with Crippen LogP contribution in [0.4, 0.5) is 0 Å². The molecule has 1 fully saturated rings. The third-order valence-corrected chi connectivity index (χ3v) is 4.00. The second kappa shape index (κ2) is 5.77. The van der Waals surface area contributed by atoms with Gasteiger partial charge in [0.15, 0.2) is 0 Å². The molecule has 1 atom stereocenters. The zero-order chi connectivity index (χ0) is 15.8. The standard InChI is InChI=1S/C15H26N4O2/c1-15(2,3)13-11(10-18(5)16-13)12(14(20)21)19-8-6-17(4)7-9-19/h10,12H,6-9H2,1-5H3,(H,20,21). The van der Waals surface area contributed by atoms with E-state index in [-0.39, 0.29) is 5.41 Å². The van der Waals surface area contributed by atoms with Gasteiger partial charge in [-0.25, -0.2) is 0 Å². The molecule has 1 aliphatic rings. The fraction of sp³-hybridized carbons (Fsp3) is 0.733. The first-order valence-corrected chi connectivity index (χ1v) is 7.39. The van der Waals surface area contributed by atoms with E-state index in [2.05, 4.69) is 42.7 Å². The minimum absolute atomic E-state index is 0.170. The Morgan fingerprint density at radius 2 is 1.81 bits per heavy atom. The van der Waals surface area contributed by atoms with Crippen molar-refractivity contribution in [2.24, 2.45) is 7.05 Å². The van der Waals surface area contributed by atoms with Crippen LogP contribution >= 0.6 is 0 Å². The molecule has 0 bridgehead atoms. The van der Waals surface area contributed by atoms with Gasteiger partial charge < -0.3 is 10.0 Å². The summed E-state index contributed by atoms with van der Waals surface area (Å²) in [5.74, 6) is -0.793. The van der Waals surface area contributed by atoms with E-state index in [1.807, 2.05) is 13.2 Å². The normalized spacial score (nSPS) is 19.7. The van der Waals surface area contributed by atoms with Crippen LogP contribution < -0.4 is 0 Å². The van der Waals surface area contributed by atoms with Crippen molar-refractivity contribution in [1.82, 2.24) is 19.6 Å². The Morgan fingerprint density at radius 1 is 1.24 bits per heavy atom. The minimum atomic E-state index is -0.793. The number of nitrogens with zero attached hydrogens (tertiary/aromatic N) is 4. The summed E-state index contributed by atoms with van der Waals surface area (Å²) in [5, 5.41) is 14.3. The van der Waals surface area contributed by atoms with Crippen LogP contribution in [-0.4, -0.2) is 63.9 Å². The second-order valence-corrected chi connectivity index (χ2v) is 6.94. The number of carboxylic acids is 1. The predicted octanol–water partition coefficient (Wildman–Crippen LogP) is 1.09. The number of carbonyl (C=O) groups is 1. The zero-order valence-electron chi connectivity index (χ0n) is 13.6. The van der Waals surface area contributed by atoms with Gasteiger partial charge in [0.1, 0.15) is 6.04 Å². The molecule has 6 nitrogen and oxygen atoms in total. The average molecular weight is 294 g/mol. The molecule has 0 spiro atoms. The summed E-state index contributed by atoms with van der Waals surface area (Å²) < 4.78 is 1.72. The van der Waals surface area contributed by atoms with Crippen molar-refractivity contribution < 1.29 is 9.90 Å². The molecule has 6 heteroatoms. The molecule has 1 saturated heterocycles. The molecule has 0 aromatic carbocycles. The van der Waals surface area contributed by atoms with E-state index in [9.17, 15) is 9.90 Å². The second-order valence-electron chi connectivity index (χ2n) is 6.94. The Hall–Kier alpha value is -1.40. The maximum Gasteiger partial charge on any atom is 0.325 e. The Kier molecular flexibility index (Phi) is 4.39. The Balaban J connectivity index is 2.37. The van der Waals surface area contributed by atoms with E-state index in [1.165, 1.54) is 0 Å². The lowest BCUT2D eigenvalue weighted by molar-refractivity contribution is -0.144. The van der Waals surface area contributed by atoms with Gasteiger partial charge in [-0.05, 0) is 7.05 Å². The van der Waals surface area contributed by atoms with Crippen LogP contribution in [0.25, 0.3) is 0 Å². The molecule has 0 aliphatic carbocycles. The Bertz CT molecular complexity index is 510. The van der Waals surface area contributed by atoms with Crippen LogP contribution in [0.3, 0.4) is 0 Å². The maximum absolute atomic E-state index is 11.9. The highest BCUT2D eigenvalue weighted by molar-refractivity contribution is 5.76. The summed E-state index contributed by atoms with van der Waals surface area (Å²) in [4.78, 5) is 16.2. The highest BCUT2D eigenvalue weighted by atomic mass is 16.4. The first kappa shape index (κ1) is 16.0. The van der Waals surface area contributed by atoms with E-state index < -0.39 is 12.0 Å². The lowest BCUT2D eigenvalue weighted by Crippen LogP contribution is -2.48. The molecule has 2 rings (SSSR count). The molecule has 1 N–H and O–H groups in total. The topological polar surface area (TPSA) is 61.6 Å². The van der Waals surface area contributed by atoms with Gasteiger partial charge in [-0.1, -0.05) is 20.8 Å². The molecule has 1 aromatic rings. The van der Waals surface area contributed by atoms with Crippen molar-refractivity contribution in [2.75, 3.05) is 33.2 Å². The van der Waals surface area contributed by atoms with E-state index in [0.29, 0.717) is 0 Å². The van der Waals surface area contributed by atoms with Crippen LogP contribution in [0.5, 0.6) is 0 Å². The number of hydrogen-bond donors (Lipinski definition) is 1. The fourth-order valence-electron chi connectivity index (χ4n) is 2.86. The van der Waals surface area contributed by atoms with Crippen molar-refractivity contribution in [3.8, 4) is 0 Å². The Morgan fingerprint density at radius 3 is 2.29 bits per heavy atom. The molecule has 0 saturated carbocycles. The first-order valence-electron chi connectivity index (χ1n) is 7.39. The number of piperazine rings is 1.